The van der Waals surface area contributed by atoms with Crippen LogP contribution in [-0.4, -0.2) is 11.6 Å². The molecule has 3 nitrogen and oxygen atoms in total. The van der Waals surface area contributed by atoms with E-state index < -0.39 is 0 Å². The van der Waals surface area contributed by atoms with E-state index in [0.29, 0.717) is 27.9 Å². The molecule has 0 saturated carbocycles. The van der Waals surface area contributed by atoms with E-state index in [2.05, 4.69) is 0 Å². The molecule has 0 saturated heterocycles. The number of carbonyl (C=O) groups excluding carboxylic acids is 2. The van der Waals surface area contributed by atoms with Crippen molar-refractivity contribution in [1.29, 1.82) is 0 Å². The van der Waals surface area contributed by atoms with Gasteiger partial charge in [-0.05, 0) is 41.8 Å². The summed E-state index contributed by atoms with van der Waals surface area (Å²) < 4.78 is 0. The first-order valence-corrected chi connectivity index (χ1v) is 7.79. The van der Waals surface area contributed by atoms with Gasteiger partial charge in [0, 0.05) is 27.9 Å². The second kappa shape index (κ2) is 5.46. The number of fused-ring (bicyclic) bond motifs is 2. The quantitative estimate of drug-likeness (QED) is 0.575. The molecular weight excluding hydrogens is 298 g/mol. The molecular formula is C21H15NO2. The molecule has 0 heterocycles. The lowest BCUT2D eigenvalue weighted by Crippen LogP contribution is -2.21. The van der Waals surface area contributed by atoms with Crippen molar-refractivity contribution >= 4 is 17.3 Å². The summed E-state index contributed by atoms with van der Waals surface area (Å²) >= 11 is 0. The predicted molar refractivity (Wildman–Crippen MR) is 93.4 cm³/mol. The average Bonchev–Trinajstić information content (AvgIpc) is 2.60. The highest BCUT2D eigenvalue weighted by Gasteiger charge is 2.29. The van der Waals surface area contributed by atoms with Crippen LogP contribution in [0.15, 0.2) is 66.7 Å². The zero-order chi connectivity index (χ0) is 16.7. The number of nitrogen functional groups attached to an aromatic ring is 1. The maximum absolute atomic E-state index is 12.8. The van der Waals surface area contributed by atoms with E-state index in [4.69, 9.17) is 5.73 Å². The van der Waals surface area contributed by atoms with Gasteiger partial charge in [-0.2, -0.15) is 0 Å². The van der Waals surface area contributed by atoms with Gasteiger partial charge in [0.2, 0.25) is 0 Å². The van der Waals surface area contributed by atoms with E-state index in [1.165, 1.54) is 5.56 Å². The minimum atomic E-state index is -0.141. The van der Waals surface area contributed by atoms with E-state index in [1.54, 1.807) is 24.3 Å². The number of benzene rings is 3. The maximum Gasteiger partial charge on any atom is 0.194 e. The van der Waals surface area contributed by atoms with Crippen LogP contribution >= 0.6 is 0 Å². The van der Waals surface area contributed by atoms with Crippen molar-refractivity contribution in [2.24, 2.45) is 0 Å². The van der Waals surface area contributed by atoms with Crippen molar-refractivity contribution in [2.45, 2.75) is 6.42 Å². The molecule has 116 valence electrons. The molecule has 0 radical (unpaired) electrons. The molecule has 3 aromatic carbocycles. The average molecular weight is 313 g/mol. The molecule has 0 aromatic heterocycles. The van der Waals surface area contributed by atoms with Gasteiger partial charge in [-0.25, -0.2) is 0 Å². The Balaban J connectivity index is 1.77. The van der Waals surface area contributed by atoms with Crippen LogP contribution in [0.2, 0.25) is 0 Å². The number of ketones is 2. The third kappa shape index (κ3) is 2.31. The molecule has 4 rings (SSSR count). The summed E-state index contributed by atoms with van der Waals surface area (Å²) in [6, 6.07) is 20.4. The van der Waals surface area contributed by atoms with Crippen LogP contribution in [0.25, 0.3) is 0 Å². The molecule has 2 N–H and O–H groups in total. The summed E-state index contributed by atoms with van der Waals surface area (Å²) in [5.41, 5.74) is 10.2. The molecule has 0 bridgehead atoms. The van der Waals surface area contributed by atoms with E-state index >= 15 is 0 Å². The first-order valence-electron chi connectivity index (χ1n) is 7.79. The van der Waals surface area contributed by atoms with Crippen LogP contribution in [0, 0.1) is 0 Å². The zero-order valence-corrected chi connectivity index (χ0v) is 13.0. The van der Waals surface area contributed by atoms with Crippen molar-refractivity contribution in [3.05, 3.63) is 100 Å². The van der Waals surface area contributed by atoms with Crippen molar-refractivity contribution in [3.8, 4) is 0 Å². The lowest BCUT2D eigenvalue weighted by molar-refractivity contribution is 0.0979. The number of hydrogen-bond acceptors (Lipinski definition) is 3. The minimum Gasteiger partial charge on any atom is -0.399 e. The van der Waals surface area contributed by atoms with Gasteiger partial charge in [-0.3, -0.25) is 9.59 Å². The Kier molecular flexibility index (Phi) is 3.28. The van der Waals surface area contributed by atoms with E-state index in [0.717, 1.165) is 12.0 Å². The number of carbonyl (C=O) groups is 2. The fourth-order valence-electron chi connectivity index (χ4n) is 3.16. The monoisotopic (exact) mass is 313 g/mol. The van der Waals surface area contributed by atoms with Gasteiger partial charge < -0.3 is 5.73 Å². The van der Waals surface area contributed by atoms with Crippen LogP contribution in [0.3, 0.4) is 0 Å². The third-order valence-electron chi connectivity index (χ3n) is 4.36. The molecule has 0 atom stereocenters. The highest BCUT2D eigenvalue weighted by molar-refractivity contribution is 6.28. The van der Waals surface area contributed by atoms with E-state index in [1.807, 2.05) is 42.5 Å². The van der Waals surface area contributed by atoms with Crippen LogP contribution in [-0.2, 0) is 6.42 Å². The molecule has 3 heteroatoms. The lowest BCUT2D eigenvalue weighted by Gasteiger charge is -2.18. The van der Waals surface area contributed by atoms with Crippen molar-refractivity contribution < 1.29 is 9.59 Å². The lowest BCUT2D eigenvalue weighted by atomic mass is 9.82. The Morgan fingerprint density at radius 1 is 0.625 bits per heavy atom. The molecule has 24 heavy (non-hydrogen) atoms. The van der Waals surface area contributed by atoms with Gasteiger partial charge >= 0.3 is 0 Å². The Morgan fingerprint density at radius 2 is 1.25 bits per heavy atom. The SMILES string of the molecule is Nc1ccc2c(c1)C(=O)c1ccc(Cc3ccccc3)cc1C2=O. The van der Waals surface area contributed by atoms with E-state index in [9.17, 15) is 9.59 Å². The molecule has 0 unspecified atom stereocenters. The Hall–Kier alpha value is -3.20. The number of nitrogens with two attached hydrogens (primary N) is 1. The standard InChI is InChI=1S/C21H15NO2/c22-15-7-9-17-19(12-15)21(24)16-8-6-14(11-18(16)20(17)23)10-13-4-2-1-3-5-13/h1-9,11-12H,10,22H2. The zero-order valence-electron chi connectivity index (χ0n) is 13.0. The molecule has 1 aliphatic rings. The third-order valence-corrected chi connectivity index (χ3v) is 4.36. The van der Waals surface area contributed by atoms with Crippen molar-refractivity contribution in [3.63, 3.8) is 0 Å². The van der Waals surface area contributed by atoms with Gasteiger partial charge in [0.05, 0.1) is 0 Å². The van der Waals surface area contributed by atoms with Crippen molar-refractivity contribution in [2.75, 3.05) is 5.73 Å². The first-order chi connectivity index (χ1) is 11.6. The normalized spacial score (nSPS) is 12.7. The molecule has 0 amide bonds. The van der Waals surface area contributed by atoms with Gasteiger partial charge in [0.25, 0.3) is 0 Å². The van der Waals surface area contributed by atoms with Crippen LogP contribution in [0.1, 0.15) is 43.0 Å². The summed E-state index contributed by atoms with van der Waals surface area (Å²) in [5, 5.41) is 0. The number of rotatable bonds is 2. The van der Waals surface area contributed by atoms with Gasteiger partial charge in [-0.1, -0.05) is 42.5 Å². The largest absolute Gasteiger partial charge is 0.399 e. The van der Waals surface area contributed by atoms with Crippen LogP contribution < -0.4 is 5.73 Å². The molecule has 1 aliphatic carbocycles. The Morgan fingerprint density at radius 3 is 1.96 bits per heavy atom. The molecule has 0 aliphatic heterocycles. The fraction of sp³-hybridized carbons (Fsp3) is 0.0476. The molecule has 0 spiro atoms. The predicted octanol–water partition coefficient (Wildman–Crippen LogP) is 3.64. The van der Waals surface area contributed by atoms with Crippen LogP contribution in [0.4, 0.5) is 5.69 Å². The topological polar surface area (TPSA) is 60.2 Å². The van der Waals surface area contributed by atoms with Gasteiger partial charge in [-0.15, -0.1) is 0 Å². The second-order valence-electron chi connectivity index (χ2n) is 6.01. The summed E-state index contributed by atoms with van der Waals surface area (Å²) in [6.45, 7) is 0. The minimum absolute atomic E-state index is 0.116. The van der Waals surface area contributed by atoms with Gasteiger partial charge in [0.1, 0.15) is 0 Å². The first kappa shape index (κ1) is 14.4. The number of hydrogen-bond donors (Lipinski definition) is 1. The number of anilines is 1. The second-order valence-corrected chi connectivity index (χ2v) is 6.01. The Labute approximate surface area is 139 Å². The summed E-state index contributed by atoms with van der Waals surface area (Å²) in [7, 11) is 0. The van der Waals surface area contributed by atoms with Crippen molar-refractivity contribution in [1.82, 2.24) is 0 Å². The highest BCUT2D eigenvalue weighted by atomic mass is 16.1. The van der Waals surface area contributed by atoms with Crippen LogP contribution in [0.5, 0.6) is 0 Å². The molecule has 3 aromatic rings. The maximum atomic E-state index is 12.8. The molecule has 0 fully saturated rings. The fourth-order valence-corrected chi connectivity index (χ4v) is 3.16. The Bertz CT molecular complexity index is 974. The van der Waals surface area contributed by atoms with E-state index in [-0.39, 0.29) is 11.6 Å². The van der Waals surface area contributed by atoms with Gasteiger partial charge in [0.15, 0.2) is 11.6 Å². The summed E-state index contributed by atoms with van der Waals surface area (Å²) in [6.07, 6.45) is 0.726. The smallest absolute Gasteiger partial charge is 0.194 e. The summed E-state index contributed by atoms with van der Waals surface area (Å²) in [5.74, 6) is -0.257. The highest BCUT2D eigenvalue weighted by Crippen LogP contribution is 2.29. The summed E-state index contributed by atoms with van der Waals surface area (Å²) in [4.78, 5) is 25.4.